The Balaban J connectivity index is 1.72. The summed E-state index contributed by atoms with van der Waals surface area (Å²) in [6.45, 7) is 3.06. The molecular formula is C19H23NO3. The van der Waals surface area contributed by atoms with Crippen molar-refractivity contribution in [3.8, 4) is 11.5 Å². The van der Waals surface area contributed by atoms with Gasteiger partial charge < -0.3 is 14.8 Å². The van der Waals surface area contributed by atoms with E-state index in [2.05, 4.69) is 24.4 Å². The van der Waals surface area contributed by atoms with Gasteiger partial charge in [-0.2, -0.15) is 0 Å². The molecule has 0 fully saturated rings. The average Bonchev–Trinajstić information content (AvgIpc) is 2.60. The summed E-state index contributed by atoms with van der Waals surface area (Å²) in [7, 11) is 1.60. The molecule has 0 spiro atoms. The van der Waals surface area contributed by atoms with Gasteiger partial charge in [-0.3, -0.25) is 4.79 Å². The van der Waals surface area contributed by atoms with Gasteiger partial charge in [-0.25, -0.2) is 0 Å². The fourth-order valence-electron chi connectivity index (χ4n) is 2.22. The molecule has 23 heavy (non-hydrogen) atoms. The number of carbonyl (C=O) groups is 1. The summed E-state index contributed by atoms with van der Waals surface area (Å²) >= 11 is 0. The highest BCUT2D eigenvalue weighted by Gasteiger charge is 2.04. The molecule has 0 aliphatic rings. The van der Waals surface area contributed by atoms with Gasteiger partial charge in [-0.15, -0.1) is 0 Å². The summed E-state index contributed by atoms with van der Waals surface area (Å²) in [5.41, 5.74) is 1.92. The van der Waals surface area contributed by atoms with Crippen LogP contribution in [-0.2, 0) is 6.42 Å². The van der Waals surface area contributed by atoms with Crippen LogP contribution in [0, 0.1) is 0 Å². The molecule has 0 aliphatic carbocycles. The smallest absolute Gasteiger partial charge is 0.251 e. The summed E-state index contributed by atoms with van der Waals surface area (Å²) in [5, 5.41) is 2.83. The third-order valence-electron chi connectivity index (χ3n) is 3.47. The van der Waals surface area contributed by atoms with Gasteiger partial charge in [-0.05, 0) is 48.4 Å². The monoisotopic (exact) mass is 313 g/mol. The minimum atomic E-state index is -0.116. The second kappa shape index (κ2) is 8.83. The fraction of sp³-hybridized carbons (Fsp3) is 0.316. The van der Waals surface area contributed by atoms with Gasteiger partial charge in [0.2, 0.25) is 0 Å². The van der Waals surface area contributed by atoms with Crippen molar-refractivity contribution in [2.75, 3.05) is 20.3 Å². The van der Waals surface area contributed by atoms with Crippen LogP contribution in [0.2, 0.25) is 0 Å². The Kier molecular flexibility index (Phi) is 6.48. The zero-order valence-corrected chi connectivity index (χ0v) is 13.7. The van der Waals surface area contributed by atoms with Crippen LogP contribution in [0.4, 0.5) is 0 Å². The molecule has 1 N–H and O–H groups in total. The molecule has 0 aromatic heterocycles. The third-order valence-corrected chi connectivity index (χ3v) is 3.47. The van der Waals surface area contributed by atoms with E-state index in [1.54, 1.807) is 31.4 Å². The van der Waals surface area contributed by atoms with Crippen LogP contribution >= 0.6 is 0 Å². The number of benzene rings is 2. The van der Waals surface area contributed by atoms with Crippen LogP contribution in [0.1, 0.15) is 29.3 Å². The lowest BCUT2D eigenvalue weighted by molar-refractivity contribution is 0.0947. The molecule has 0 atom stereocenters. The normalized spacial score (nSPS) is 10.2. The van der Waals surface area contributed by atoms with Crippen molar-refractivity contribution in [1.82, 2.24) is 5.32 Å². The summed E-state index contributed by atoms with van der Waals surface area (Å²) in [6.07, 6.45) is 2.22. The van der Waals surface area contributed by atoms with Crippen LogP contribution in [0.15, 0.2) is 48.5 Å². The maximum Gasteiger partial charge on any atom is 0.251 e. The lowest BCUT2D eigenvalue weighted by Gasteiger charge is -2.09. The summed E-state index contributed by atoms with van der Waals surface area (Å²) < 4.78 is 10.7. The van der Waals surface area contributed by atoms with E-state index in [9.17, 15) is 4.79 Å². The minimum absolute atomic E-state index is 0.116. The molecule has 122 valence electrons. The van der Waals surface area contributed by atoms with Crippen LogP contribution in [0.5, 0.6) is 11.5 Å². The number of ether oxygens (including phenoxy) is 2. The molecule has 0 aliphatic heterocycles. The van der Waals surface area contributed by atoms with Crippen LogP contribution in [0.25, 0.3) is 0 Å². The number of methoxy groups -OCH3 is 1. The lowest BCUT2D eigenvalue weighted by atomic mass is 10.1. The predicted molar refractivity (Wildman–Crippen MR) is 91.3 cm³/mol. The number of hydrogen-bond donors (Lipinski definition) is 1. The fourth-order valence-corrected chi connectivity index (χ4v) is 2.22. The molecule has 2 aromatic rings. The number of rotatable bonds is 8. The Morgan fingerprint density at radius 1 is 1.00 bits per heavy atom. The SMILES string of the molecule is CCCc1ccc(OCCNC(=O)c2ccc(OC)cc2)cc1. The molecule has 0 saturated heterocycles. The molecule has 0 unspecified atom stereocenters. The first-order chi connectivity index (χ1) is 11.2. The number of hydrogen-bond acceptors (Lipinski definition) is 3. The largest absolute Gasteiger partial charge is 0.497 e. The van der Waals surface area contributed by atoms with Crippen molar-refractivity contribution in [1.29, 1.82) is 0 Å². The van der Waals surface area contributed by atoms with Crippen molar-refractivity contribution in [3.63, 3.8) is 0 Å². The van der Waals surface area contributed by atoms with Gasteiger partial charge >= 0.3 is 0 Å². The topological polar surface area (TPSA) is 47.6 Å². The minimum Gasteiger partial charge on any atom is -0.497 e. The molecule has 0 radical (unpaired) electrons. The highest BCUT2D eigenvalue weighted by atomic mass is 16.5. The molecule has 0 bridgehead atoms. The Hall–Kier alpha value is -2.49. The van der Waals surface area contributed by atoms with Crippen LogP contribution < -0.4 is 14.8 Å². The van der Waals surface area contributed by atoms with Gasteiger partial charge in [0.25, 0.3) is 5.91 Å². The molecule has 0 saturated carbocycles. The quantitative estimate of drug-likeness (QED) is 0.759. The Morgan fingerprint density at radius 3 is 2.26 bits per heavy atom. The maximum atomic E-state index is 12.0. The van der Waals surface area contributed by atoms with Crippen LogP contribution in [-0.4, -0.2) is 26.2 Å². The number of aryl methyl sites for hydroxylation is 1. The highest BCUT2D eigenvalue weighted by Crippen LogP contribution is 2.13. The van der Waals surface area contributed by atoms with E-state index in [-0.39, 0.29) is 5.91 Å². The summed E-state index contributed by atoms with van der Waals surface area (Å²) in [6, 6.07) is 15.1. The van der Waals surface area contributed by atoms with E-state index in [0.717, 1.165) is 24.3 Å². The molecule has 0 heterocycles. The van der Waals surface area contributed by atoms with Crippen molar-refractivity contribution in [2.24, 2.45) is 0 Å². The first-order valence-electron chi connectivity index (χ1n) is 7.87. The van der Waals surface area contributed by atoms with Crippen molar-refractivity contribution in [2.45, 2.75) is 19.8 Å². The van der Waals surface area contributed by atoms with Crippen molar-refractivity contribution >= 4 is 5.91 Å². The van der Waals surface area contributed by atoms with Crippen LogP contribution in [0.3, 0.4) is 0 Å². The Bertz CT molecular complexity index is 606. The van der Waals surface area contributed by atoms with Gasteiger partial charge in [0, 0.05) is 5.56 Å². The van der Waals surface area contributed by atoms with E-state index in [4.69, 9.17) is 9.47 Å². The van der Waals surface area contributed by atoms with Gasteiger partial charge in [-0.1, -0.05) is 25.5 Å². The highest BCUT2D eigenvalue weighted by molar-refractivity contribution is 5.94. The van der Waals surface area contributed by atoms with Crippen molar-refractivity contribution in [3.05, 3.63) is 59.7 Å². The van der Waals surface area contributed by atoms with Gasteiger partial charge in [0.05, 0.1) is 13.7 Å². The van der Waals surface area contributed by atoms with E-state index < -0.39 is 0 Å². The number of carbonyl (C=O) groups excluding carboxylic acids is 1. The van der Waals surface area contributed by atoms with E-state index in [1.165, 1.54) is 5.56 Å². The van der Waals surface area contributed by atoms with E-state index in [1.807, 2.05) is 12.1 Å². The zero-order valence-electron chi connectivity index (χ0n) is 13.7. The second-order valence-electron chi connectivity index (χ2n) is 5.23. The van der Waals surface area contributed by atoms with Gasteiger partial charge in [0.1, 0.15) is 18.1 Å². The molecular weight excluding hydrogens is 290 g/mol. The molecule has 4 nitrogen and oxygen atoms in total. The number of amides is 1. The molecule has 2 rings (SSSR count). The second-order valence-corrected chi connectivity index (χ2v) is 5.23. The number of nitrogens with one attached hydrogen (secondary N) is 1. The first kappa shape index (κ1) is 16.9. The predicted octanol–water partition coefficient (Wildman–Crippen LogP) is 3.46. The molecule has 4 heteroatoms. The Morgan fingerprint density at radius 2 is 1.65 bits per heavy atom. The van der Waals surface area contributed by atoms with Crippen molar-refractivity contribution < 1.29 is 14.3 Å². The molecule has 2 aromatic carbocycles. The summed E-state index contributed by atoms with van der Waals surface area (Å²) in [4.78, 5) is 12.0. The zero-order chi connectivity index (χ0) is 16.5. The standard InChI is InChI=1S/C19H23NO3/c1-3-4-15-5-9-18(10-6-15)23-14-13-20-19(21)16-7-11-17(22-2)12-8-16/h5-12H,3-4,13-14H2,1-2H3,(H,20,21). The first-order valence-corrected chi connectivity index (χ1v) is 7.87. The van der Waals surface area contributed by atoms with E-state index >= 15 is 0 Å². The maximum absolute atomic E-state index is 12.0. The lowest BCUT2D eigenvalue weighted by Crippen LogP contribution is -2.28. The third kappa shape index (κ3) is 5.33. The summed E-state index contributed by atoms with van der Waals surface area (Å²) in [5.74, 6) is 1.44. The Labute approximate surface area is 137 Å². The molecule has 1 amide bonds. The van der Waals surface area contributed by atoms with Gasteiger partial charge in [0.15, 0.2) is 0 Å². The van der Waals surface area contributed by atoms with E-state index in [0.29, 0.717) is 18.7 Å². The average molecular weight is 313 g/mol.